The van der Waals surface area contributed by atoms with E-state index in [0.717, 1.165) is 25.2 Å². The van der Waals surface area contributed by atoms with E-state index in [1.807, 2.05) is 26.0 Å². The Labute approximate surface area is 108 Å². The summed E-state index contributed by atoms with van der Waals surface area (Å²) in [5.41, 5.74) is 9.33. The fourth-order valence-electron chi connectivity index (χ4n) is 2.40. The molecule has 0 fully saturated rings. The molecule has 1 heterocycles. The number of anilines is 1. The van der Waals surface area contributed by atoms with Crippen LogP contribution in [0.1, 0.15) is 25.0 Å². The minimum absolute atomic E-state index is 0.0948. The van der Waals surface area contributed by atoms with Crippen molar-refractivity contribution in [3.8, 4) is 0 Å². The van der Waals surface area contributed by atoms with Crippen LogP contribution in [0.4, 0.5) is 5.69 Å². The fraction of sp³-hybridized carbons (Fsp3) is 0.500. The maximum absolute atomic E-state index is 11.7. The number of nitrogens with zero attached hydrogens (tertiary/aromatic N) is 1. The molecule has 0 spiro atoms. The van der Waals surface area contributed by atoms with Crippen molar-refractivity contribution >= 4 is 11.6 Å². The third-order valence-corrected chi connectivity index (χ3v) is 3.20. The van der Waals surface area contributed by atoms with E-state index in [1.54, 1.807) is 0 Å². The first kappa shape index (κ1) is 12.9. The molecule has 1 aliphatic rings. The maximum atomic E-state index is 11.7. The van der Waals surface area contributed by atoms with Crippen molar-refractivity contribution in [1.82, 2.24) is 10.2 Å². The van der Waals surface area contributed by atoms with E-state index in [-0.39, 0.29) is 11.9 Å². The Balaban J connectivity index is 1.98. The predicted molar refractivity (Wildman–Crippen MR) is 73.1 cm³/mol. The lowest BCUT2D eigenvalue weighted by molar-refractivity contribution is -0.122. The van der Waals surface area contributed by atoms with Crippen LogP contribution in [0.3, 0.4) is 0 Å². The number of rotatable bonds is 3. The summed E-state index contributed by atoms with van der Waals surface area (Å²) in [4.78, 5) is 13.9. The van der Waals surface area contributed by atoms with Crippen LogP contribution in [0.5, 0.6) is 0 Å². The minimum Gasteiger partial charge on any atom is -0.398 e. The molecule has 0 unspecified atom stereocenters. The highest BCUT2D eigenvalue weighted by Crippen LogP contribution is 2.23. The third kappa shape index (κ3) is 3.01. The Morgan fingerprint density at radius 3 is 3.00 bits per heavy atom. The lowest BCUT2D eigenvalue weighted by Crippen LogP contribution is -2.42. The monoisotopic (exact) mass is 247 g/mol. The number of fused-ring (bicyclic) bond motifs is 1. The first-order valence-corrected chi connectivity index (χ1v) is 6.44. The highest BCUT2D eigenvalue weighted by Gasteiger charge is 2.19. The van der Waals surface area contributed by atoms with Crippen LogP contribution in [0, 0.1) is 0 Å². The number of carbonyl (C=O) groups is 1. The molecular formula is C14H21N3O. The van der Waals surface area contributed by atoms with Crippen LogP contribution in [0.2, 0.25) is 0 Å². The molecule has 4 nitrogen and oxygen atoms in total. The number of nitrogens with two attached hydrogens (primary N) is 1. The Morgan fingerprint density at radius 2 is 2.28 bits per heavy atom. The van der Waals surface area contributed by atoms with Gasteiger partial charge in [-0.15, -0.1) is 0 Å². The van der Waals surface area contributed by atoms with E-state index in [4.69, 9.17) is 5.73 Å². The van der Waals surface area contributed by atoms with Gasteiger partial charge in [-0.3, -0.25) is 9.69 Å². The number of amides is 1. The molecule has 0 aromatic heterocycles. The highest BCUT2D eigenvalue weighted by molar-refractivity contribution is 5.78. The van der Waals surface area contributed by atoms with Crippen molar-refractivity contribution in [2.75, 3.05) is 18.8 Å². The van der Waals surface area contributed by atoms with Crippen LogP contribution in [-0.4, -0.2) is 29.9 Å². The Morgan fingerprint density at radius 1 is 1.50 bits per heavy atom. The molecule has 1 aromatic carbocycles. The molecule has 4 heteroatoms. The zero-order valence-corrected chi connectivity index (χ0v) is 11.1. The van der Waals surface area contributed by atoms with Crippen molar-refractivity contribution in [1.29, 1.82) is 0 Å². The summed E-state index contributed by atoms with van der Waals surface area (Å²) in [6.45, 7) is 6.12. The lowest BCUT2D eigenvalue weighted by atomic mass is 9.98. The zero-order chi connectivity index (χ0) is 13.1. The number of nitrogen functional groups attached to an aromatic ring is 1. The second-order valence-electron chi connectivity index (χ2n) is 5.17. The van der Waals surface area contributed by atoms with Gasteiger partial charge in [0.25, 0.3) is 0 Å². The highest BCUT2D eigenvalue weighted by atomic mass is 16.2. The van der Waals surface area contributed by atoms with Crippen molar-refractivity contribution < 1.29 is 4.79 Å². The summed E-state index contributed by atoms with van der Waals surface area (Å²) in [6, 6.07) is 6.22. The molecule has 2 rings (SSSR count). The normalized spacial score (nSPS) is 15.5. The Kier molecular flexibility index (Phi) is 3.87. The second kappa shape index (κ2) is 5.40. The molecule has 0 radical (unpaired) electrons. The van der Waals surface area contributed by atoms with E-state index in [9.17, 15) is 4.79 Å². The average Bonchev–Trinajstić information content (AvgIpc) is 2.27. The molecule has 0 saturated heterocycles. The molecule has 1 aliphatic heterocycles. The quantitative estimate of drug-likeness (QED) is 0.788. The van der Waals surface area contributed by atoms with Gasteiger partial charge < -0.3 is 11.1 Å². The third-order valence-electron chi connectivity index (χ3n) is 3.20. The molecular weight excluding hydrogens is 226 g/mol. The molecule has 1 amide bonds. The summed E-state index contributed by atoms with van der Waals surface area (Å²) in [6.07, 6.45) is 0.928. The van der Waals surface area contributed by atoms with Crippen LogP contribution < -0.4 is 11.1 Å². The van der Waals surface area contributed by atoms with E-state index in [1.165, 1.54) is 11.1 Å². The van der Waals surface area contributed by atoms with E-state index < -0.39 is 0 Å². The average molecular weight is 247 g/mol. The van der Waals surface area contributed by atoms with Crippen molar-refractivity contribution in [2.45, 2.75) is 32.9 Å². The van der Waals surface area contributed by atoms with Crippen LogP contribution in [0.25, 0.3) is 0 Å². The van der Waals surface area contributed by atoms with Gasteiger partial charge in [0.05, 0.1) is 6.54 Å². The first-order valence-electron chi connectivity index (χ1n) is 6.44. The van der Waals surface area contributed by atoms with E-state index in [2.05, 4.69) is 16.3 Å². The number of hydrogen-bond donors (Lipinski definition) is 2. The summed E-state index contributed by atoms with van der Waals surface area (Å²) < 4.78 is 0. The second-order valence-corrected chi connectivity index (χ2v) is 5.17. The van der Waals surface area contributed by atoms with Gasteiger partial charge in [-0.1, -0.05) is 12.1 Å². The van der Waals surface area contributed by atoms with E-state index in [0.29, 0.717) is 6.54 Å². The van der Waals surface area contributed by atoms with Gasteiger partial charge in [0.2, 0.25) is 5.91 Å². The summed E-state index contributed by atoms with van der Waals surface area (Å²) >= 11 is 0. The first-order chi connectivity index (χ1) is 8.56. The summed E-state index contributed by atoms with van der Waals surface area (Å²) in [5, 5.41) is 2.92. The molecule has 0 saturated carbocycles. The smallest absolute Gasteiger partial charge is 0.234 e. The van der Waals surface area contributed by atoms with Crippen LogP contribution in [-0.2, 0) is 17.8 Å². The number of carbonyl (C=O) groups excluding carboxylic acids is 1. The number of nitrogens with one attached hydrogen (secondary N) is 1. The molecule has 0 atom stereocenters. The van der Waals surface area contributed by atoms with Gasteiger partial charge in [-0.2, -0.15) is 0 Å². The molecule has 1 aromatic rings. The number of hydrogen-bond acceptors (Lipinski definition) is 3. The molecule has 0 aliphatic carbocycles. The summed E-state index contributed by atoms with van der Waals surface area (Å²) in [7, 11) is 0. The zero-order valence-electron chi connectivity index (χ0n) is 11.1. The van der Waals surface area contributed by atoms with Gasteiger partial charge in [0.15, 0.2) is 0 Å². The fourth-order valence-corrected chi connectivity index (χ4v) is 2.40. The van der Waals surface area contributed by atoms with Crippen molar-refractivity contribution in [3.63, 3.8) is 0 Å². The topological polar surface area (TPSA) is 58.4 Å². The molecule has 0 bridgehead atoms. The SMILES string of the molecule is CC(C)NC(=O)CN1CCc2c(N)cccc2C1. The minimum atomic E-state index is 0.0948. The Bertz CT molecular complexity index is 443. The largest absolute Gasteiger partial charge is 0.398 e. The molecule has 3 N–H and O–H groups in total. The van der Waals surface area contributed by atoms with Crippen molar-refractivity contribution in [3.05, 3.63) is 29.3 Å². The maximum Gasteiger partial charge on any atom is 0.234 e. The van der Waals surface area contributed by atoms with Gasteiger partial charge in [-0.25, -0.2) is 0 Å². The lowest BCUT2D eigenvalue weighted by Gasteiger charge is -2.29. The molecule has 18 heavy (non-hydrogen) atoms. The molecule has 98 valence electrons. The summed E-state index contributed by atoms with van der Waals surface area (Å²) in [5.74, 6) is 0.0948. The van der Waals surface area contributed by atoms with E-state index >= 15 is 0 Å². The predicted octanol–water partition coefficient (Wildman–Crippen LogP) is 1.15. The van der Waals surface area contributed by atoms with Gasteiger partial charge in [0, 0.05) is 24.8 Å². The van der Waals surface area contributed by atoms with Gasteiger partial charge >= 0.3 is 0 Å². The van der Waals surface area contributed by atoms with Crippen LogP contribution in [0.15, 0.2) is 18.2 Å². The van der Waals surface area contributed by atoms with Crippen LogP contribution >= 0.6 is 0 Å². The van der Waals surface area contributed by atoms with Crippen molar-refractivity contribution in [2.24, 2.45) is 0 Å². The van der Waals surface area contributed by atoms with Gasteiger partial charge in [0.1, 0.15) is 0 Å². The Hall–Kier alpha value is -1.55. The van der Waals surface area contributed by atoms with Gasteiger partial charge in [-0.05, 0) is 37.5 Å². The standard InChI is InChI=1S/C14H21N3O/c1-10(2)16-14(18)9-17-7-6-12-11(8-17)4-3-5-13(12)15/h3-5,10H,6-9,15H2,1-2H3,(H,16,18). The number of benzene rings is 1.